The second kappa shape index (κ2) is 8.96. The number of para-hydroxylation sites is 1. The van der Waals surface area contributed by atoms with E-state index in [-0.39, 0.29) is 12.5 Å². The van der Waals surface area contributed by atoms with E-state index in [1.165, 1.54) is 10.9 Å². The summed E-state index contributed by atoms with van der Waals surface area (Å²) in [5.41, 5.74) is 2.06. The zero-order valence-electron chi connectivity index (χ0n) is 16.7. The number of carbonyl (C=O) groups is 1. The van der Waals surface area contributed by atoms with Crippen molar-refractivity contribution in [2.24, 2.45) is 0 Å². The van der Waals surface area contributed by atoms with Crippen molar-refractivity contribution >= 4 is 29.0 Å². The molecular weight excluding hydrogens is 398 g/mol. The SMILES string of the molecule is COc1ccc(-c2n[nH]c(=S)n2CC(=O)NCCCn2ccc3ccccc32)cc1. The smallest absolute Gasteiger partial charge is 0.240 e. The van der Waals surface area contributed by atoms with Gasteiger partial charge in [0.2, 0.25) is 5.91 Å². The second-order valence-electron chi connectivity index (χ2n) is 6.94. The van der Waals surface area contributed by atoms with Gasteiger partial charge in [-0.05, 0) is 60.4 Å². The molecule has 7 nitrogen and oxygen atoms in total. The summed E-state index contributed by atoms with van der Waals surface area (Å²) in [5.74, 6) is 1.28. The summed E-state index contributed by atoms with van der Waals surface area (Å²) in [4.78, 5) is 12.5. The number of nitrogens with one attached hydrogen (secondary N) is 2. The fourth-order valence-corrected chi connectivity index (χ4v) is 3.63. The minimum atomic E-state index is -0.0976. The third kappa shape index (κ3) is 4.28. The number of rotatable bonds is 8. The predicted molar refractivity (Wildman–Crippen MR) is 119 cm³/mol. The van der Waals surface area contributed by atoms with Crippen LogP contribution in [-0.2, 0) is 17.9 Å². The molecule has 4 aromatic rings. The molecule has 0 aliphatic carbocycles. The van der Waals surface area contributed by atoms with E-state index in [1.54, 1.807) is 11.7 Å². The van der Waals surface area contributed by atoms with Gasteiger partial charge in [-0.15, -0.1) is 0 Å². The number of fused-ring (bicyclic) bond motifs is 1. The molecule has 4 rings (SSSR count). The predicted octanol–water partition coefficient (Wildman–Crippen LogP) is 3.78. The lowest BCUT2D eigenvalue weighted by Gasteiger charge is -2.09. The van der Waals surface area contributed by atoms with Crippen LogP contribution in [0, 0.1) is 4.77 Å². The number of nitrogens with zero attached hydrogens (tertiary/aromatic N) is 3. The Morgan fingerprint density at radius 1 is 1.17 bits per heavy atom. The van der Waals surface area contributed by atoms with Crippen LogP contribution in [0.15, 0.2) is 60.8 Å². The molecule has 2 aromatic carbocycles. The molecule has 30 heavy (non-hydrogen) atoms. The molecule has 0 aliphatic rings. The van der Waals surface area contributed by atoms with Gasteiger partial charge in [-0.2, -0.15) is 5.10 Å². The first-order chi connectivity index (χ1) is 14.7. The Balaban J connectivity index is 1.34. The fourth-order valence-electron chi connectivity index (χ4n) is 3.44. The van der Waals surface area contributed by atoms with Crippen LogP contribution in [0.5, 0.6) is 5.75 Å². The Hall–Kier alpha value is -3.39. The van der Waals surface area contributed by atoms with Crippen molar-refractivity contribution in [2.75, 3.05) is 13.7 Å². The maximum atomic E-state index is 12.5. The molecule has 2 aromatic heterocycles. The number of methoxy groups -OCH3 is 1. The van der Waals surface area contributed by atoms with Crippen LogP contribution in [0.2, 0.25) is 0 Å². The third-order valence-corrected chi connectivity index (χ3v) is 5.30. The highest BCUT2D eigenvalue weighted by molar-refractivity contribution is 7.71. The maximum absolute atomic E-state index is 12.5. The summed E-state index contributed by atoms with van der Waals surface area (Å²) >= 11 is 5.31. The number of carbonyl (C=O) groups excluding carboxylic acids is 1. The summed E-state index contributed by atoms with van der Waals surface area (Å²) in [5, 5.41) is 11.2. The van der Waals surface area contributed by atoms with Crippen LogP contribution in [0.1, 0.15) is 6.42 Å². The molecule has 2 heterocycles. The van der Waals surface area contributed by atoms with E-state index in [2.05, 4.69) is 44.5 Å². The molecule has 0 bridgehead atoms. The lowest BCUT2D eigenvalue weighted by Crippen LogP contribution is -2.29. The number of aryl methyl sites for hydroxylation is 1. The first-order valence-corrected chi connectivity index (χ1v) is 10.2. The highest BCUT2D eigenvalue weighted by Crippen LogP contribution is 2.21. The molecule has 0 saturated heterocycles. The molecule has 154 valence electrons. The first-order valence-electron chi connectivity index (χ1n) is 9.76. The summed E-state index contributed by atoms with van der Waals surface area (Å²) in [6.45, 7) is 1.55. The number of ether oxygens (including phenoxy) is 1. The Morgan fingerprint density at radius 2 is 1.97 bits per heavy atom. The summed E-state index contributed by atoms with van der Waals surface area (Å²) in [6, 6.07) is 17.9. The van der Waals surface area contributed by atoms with Crippen LogP contribution < -0.4 is 10.1 Å². The van der Waals surface area contributed by atoms with Gasteiger partial charge in [0.15, 0.2) is 10.6 Å². The maximum Gasteiger partial charge on any atom is 0.240 e. The number of hydrogen-bond donors (Lipinski definition) is 2. The topological polar surface area (TPSA) is 76.9 Å². The number of hydrogen-bond acceptors (Lipinski definition) is 4. The van der Waals surface area contributed by atoms with Crippen molar-refractivity contribution < 1.29 is 9.53 Å². The number of H-pyrrole nitrogens is 1. The van der Waals surface area contributed by atoms with Crippen molar-refractivity contribution in [3.63, 3.8) is 0 Å². The molecule has 0 unspecified atom stereocenters. The first kappa shape index (κ1) is 19.9. The molecule has 0 fully saturated rings. The largest absolute Gasteiger partial charge is 0.497 e. The number of aromatic amines is 1. The van der Waals surface area contributed by atoms with Gasteiger partial charge in [0, 0.05) is 30.4 Å². The lowest BCUT2D eigenvalue weighted by atomic mass is 10.2. The normalized spacial score (nSPS) is 11.0. The van der Waals surface area contributed by atoms with E-state index < -0.39 is 0 Å². The van der Waals surface area contributed by atoms with E-state index in [9.17, 15) is 4.79 Å². The average Bonchev–Trinajstić information content (AvgIpc) is 3.35. The van der Waals surface area contributed by atoms with Crippen molar-refractivity contribution in [2.45, 2.75) is 19.5 Å². The Morgan fingerprint density at radius 3 is 2.77 bits per heavy atom. The Labute approximate surface area is 179 Å². The van der Waals surface area contributed by atoms with Crippen LogP contribution in [0.4, 0.5) is 0 Å². The van der Waals surface area contributed by atoms with Crippen LogP contribution in [0.3, 0.4) is 0 Å². The number of benzene rings is 2. The minimum absolute atomic E-state index is 0.0976. The van der Waals surface area contributed by atoms with Gasteiger partial charge in [-0.25, -0.2) is 0 Å². The second-order valence-corrected chi connectivity index (χ2v) is 7.33. The third-order valence-electron chi connectivity index (χ3n) is 4.99. The molecule has 8 heteroatoms. The zero-order chi connectivity index (χ0) is 20.9. The van der Waals surface area contributed by atoms with E-state index in [0.717, 1.165) is 24.3 Å². The lowest BCUT2D eigenvalue weighted by molar-refractivity contribution is -0.121. The summed E-state index contributed by atoms with van der Waals surface area (Å²) < 4.78 is 9.50. The van der Waals surface area contributed by atoms with Gasteiger partial charge in [0.1, 0.15) is 12.3 Å². The van der Waals surface area contributed by atoms with E-state index in [1.807, 2.05) is 36.4 Å². The monoisotopic (exact) mass is 421 g/mol. The molecule has 0 aliphatic heterocycles. The van der Waals surface area contributed by atoms with Crippen molar-refractivity contribution in [3.05, 3.63) is 65.6 Å². The number of amides is 1. The van der Waals surface area contributed by atoms with Gasteiger partial charge in [0.05, 0.1) is 7.11 Å². The molecule has 2 N–H and O–H groups in total. The van der Waals surface area contributed by atoms with Crippen LogP contribution in [-0.4, -0.2) is 38.9 Å². The quantitative estimate of drug-likeness (QED) is 0.335. The average molecular weight is 422 g/mol. The summed E-state index contributed by atoms with van der Waals surface area (Å²) in [6.07, 6.45) is 2.92. The van der Waals surface area contributed by atoms with Gasteiger partial charge in [-0.1, -0.05) is 18.2 Å². The molecule has 0 spiro atoms. The van der Waals surface area contributed by atoms with E-state index >= 15 is 0 Å². The van der Waals surface area contributed by atoms with E-state index in [4.69, 9.17) is 17.0 Å². The number of aromatic nitrogens is 4. The van der Waals surface area contributed by atoms with Crippen molar-refractivity contribution in [1.82, 2.24) is 24.6 Å². The molecule has 0 atom stereocenters. The van der Waals surface area contributed by atoms with Crippen molar-refractivity contribution in [1.29, 1.82) is 0 Å². The van der Waals surface area contributed by atoms with Gasteiger partial charge in [-0.3, -0.25) is 14.5 Å². The highest BCUT2D eigenvalue weighted by Gasteiger charge is 2.12. The zero-order valence-corrected chi connectivity index (χ0v) is 17.5. The minimum Gasteiger partial charge on any atom is -0.497 e. The fraction of sp³-hybridized carbons (Fsp3) is 0.227. The summed E-state index contributed by atoms with van der Waals surface area (Å²) in [7, 11) is 1.62. The van der Waals surface area contributed by atoms with Crippen LogP contribution >= 0.6 is 12.2 Å². The van der Waals surface area contributed by atoms with Gasteiger partial charge >= 0.3 is 0 Å². The van der Waals surface area contributed by atoms with E-state index in [0.29, 0.717) is 17.1 Å². The molecule has 1 amide bonds. The van der Waals surface area contributed by atoms with Gasteiger partial charge in [0.25, 0.3) is 0 Å². The molecule has 0 saturated carbocycles. The highest BCUT2D eigenvalue weighted by atomic mass is 32.1. The molecule has 0 radical (unpaired) electrons. The Kier molecular flexibility index (Phi) is 5.94. The Bertz CT molecular complexity index is 1210. The van der Waals surface area contributed by atoms with Crippen LogP contribution in [0.25, 0.3) is 22.3 Å². The molecular formula is C22H23N5O2S. The standard InChI is InChI=1S/C22H23N5O2S/c1-29-18-9-7-17(8-10-18)21-24-25-22(30)27(21)15-20(28)23-12-4-13-26-14-11-16-5-2-3-6-19(16)26/h2-3,5-11,14H,4,12-13,15H2,1H3,(H,23,28)(H,25,30). The van der Waals surface area contributed by atoms with Gasteiger partial charge < -0.3 is 14.6 Å². The van der Waals surface area contributed by atoms with Crippen molar-refractivity contribution in [3.8, 4) is 17.1 Å².